The first-order valence-electron chi connectivity index (χ1n) is 11.2. The summed E-state index contributed by atoms with van der Waals surface area (Å²) in [4.78, 5) is 4.73. The number of nitrogens with zero attached hydrogens (tertiary/aromatic N) is 1. The summed E-state index contributed by atoms with van der Waals surface area (Å²) in [7, 11) is 1.67. The molecule has 1 atom stereocenters. The molecule has 0 bridgehead atoms. The minimum Gasteiger partial charge on any atom is -0.493 e. The standard InChI is InChI=1S/C25H35N3O3/c1-3-26-25(28-17-21(18-29)20-9-5-4-6-10-20)27-16-19-13-14-23(30-2)24(15-19)31-22-11-7-8-12-22/h4-6,9-10,13-15,21-22,29H,3,7-8,11-12,16-18H2,1-2H3,(H2,26,27,28). The third-order valence-electron chi connectivity index (χ3n) is 5.60. The molecule has 0 aliphatic heterocycles. The Balaban J connectivity index is 1.65. The van der Waals surface area contributed by atoms with E-state index in [1.54, 1.807) is 7.11 Å². The van der Waals surface area contributed by atoms with E-state index in [9.17, 15) is 5.11 Å². The van der Waals surface area contributed by atoms with Crippen molar-refractivity contribution in [1.82, 2.24) is 10.6 Å². The fraction of sp³-hybridized carbons (Fsp3) is 0.480. The van der Waals surface area contributed by atoms with Crippen molar-refractivity contribution in [3.63, 3.8) is 0 Å². The molecule has 1 unspecified atom stereocenters. The largest absolute Gasteiger partial charge is 0.493 e. The first-order valence-corrected chi connectivity index (χ1v) is 11.2. The Labute approximate surface area is 185 Å². The molecule has 168 valence electrons. The minimum absolute atomic E-state index is 0.0115. The molecule has 2 aromatic rings. The number of ether oxygens (including phenoxy) is 2. The van der Waals surface area contributed by atoms with Gasteiger partial charge in [-0.1, -0.05) is 36.4 Å². The van der Waals surface area contributed by atoms with Crippen LogP contribution in [0.3, 0.4) is 0 Å². The summed E-state index contributed by atoms with van der Waals surface area (Å²) in [6.45, 7) is 4.01. The SMILES string of the molecule is CCNC(=NCc1ccc(OC)c(OC2CCCC2)c1)NCC(CO)c1ccccc1. The van der Waals surface area contributed by atoms with Crippen LogP contribution >= 0.6 is 0 Å². The van der Waals surface area contributed by atoms with Crippen molar-refractivity contribution < 1.29 is 14.6 Å². The second kappa shape index (κ2) is 12.2. The fourth-order valence-corrected chi connectivity index (χ4v) is 3.84. The molecule has 6 nitrogen and oxygen atoms in total. The van der Waals surface area contributed by atoms with Crippen molar-refractivity contribution in [1.29, 1.82) is 0 Å². The van der Waals surface area contributed by atoms with Crippen molar-refractivity contribution in [2.45, 2.75) is 51.2 Å². The van der Waals surface area contributed by atoms with Gasteiger partial charge < -0.3 is 25.2 Å². The Morgan fingerprint density at radius 2 is 1.87 bits per heavy atom. The lowest BCUT2D eigenvalue weighted by Gasteiger charge is -2.18. The summed E-state index contributed by atoms with van der Waals surface area (Å²) in [6, 6.07) is 16.0. The van der Waals surface area contributed by atoms with Gasteiger partial charge in [0.15, 0.2) is 17.5 Å². The zero-order valence-electron chi connectivity index (χ0n) is 18.6. The lowest BCUT2D eigenvalue weighted by molar-refractivity contribution is 0.200. The average Bonchev–Trinajstić information content (AvgIpc) is 3.32. The normalized spacial score (nSPS) is 15.5. The van der Waals surface area contributed by atoms with Crippen LogP contribution in [0.15, 0.2) is 53.5 Å². The maximum Gasteiger partial charge on any atom is 0.191 e. The number of hydrogen-bond donors (Lipinski definition) is 3. The summed E-state index contributed by atoms with van der Waals surface area (Å²) in [5.74, 6) is 2.30. The molecule has 6 heteroatoms. The number of guanidine groups is 1. The molecule has 0 aromatic heterocycles. The Morgan fingerprint density at radius 3 is 2.55 bits per heavy atom. The summed E-state index contributed by atoms with van der Waals surface area (Å²) in [6.07, 6.45) is 4.94. The van der Waals surface area contributed by atoms with Crippen LogP contribution in [0.2, 0.25) is 0 Å². The van der Waals surface area contributed by atoms with Gasteiger partial charge in [0.25, 0.3) is 0 Å². The van der Waals surface area contributed by atoms with E-state index < -0.39 is 0 Å². The van der Waals surface area contributed by atoms with Gasteiger partial charge in [0.2, 0.25) is 0 Å². The van der Waals surface area contributed by atoms with Crippen LogP contribution in [0.4, 0.5) is 0 Å². The Morgan fingerprint density at radius 1 is 1.10 bits per heavy atom. The van der Waals surface area contributed by atoms with E-state index in [0.717, 1.165) is 48.0 Å². The summed E-state index contributed by atoms with van der Waals surface area (Å²) >= 11 is 0. The zero-order chi connectivity index (χ0) is 21.9. The maximum absolute atomic E-state index is 9.80. The topological polar surface area (TPSA) is 75.1 Å². The van der Waals surface area contributed by atoms with Gasteiger partial charge in [-0.2, -0.15) is 0 Å². The first kappa shape index (κ1) is 22.9. The lowest BCUT2D eigenvalue weighted by atomic mass is 10.0. The summed E-state index contributed by atoms with van der Waals surface area (Å²) < 4.78 is 11.7. The number of hydrogen-bond acceptors (Lipinski definition) is 4. The molecule has 0 spiro atoms. The Bertz CT molecular complexity index is 820. The van der Waals surface area contributed by atoms with E-state index in [-0.39, 0.29) is 18.6 Å². The van der Waals surface area contributed by atoms with E-state index >= 15 is 0 Å². The fourth-order valence-electron chi connectivity index (χ4n) is 3.84. The molecule has 31 heavy (non-hydrogen) atoms. The van der Waals surface area contributed by atoms with E-state index in [1.807, 2.05) is 55.5 Å². The molecule has 1 fully saturated rings. The number of rotatable bonds is 10. The number of benzene rings is 2. The van der Waals surface area contributed by atoms with Gasteiger partial charge in [-0.25, -0.2) is 4.99 Å². The van der Waals surface area contributed by atoms with Crippen molar-refractivity contribution >= 4 is 5.96 Å². The molecular weight excluding hydrogens is 390 g/mol. The Hall–Kier alpha value is -2.73. The molecular formula is C25H35N3O3. The molecule has 1 aliphatic rings. The van der Waals surface area contributed by atoms with Crippen LogP contribution in [-0.4, -0.2) is 44.0 Å². The number of nitrogens with one attached hydrogen (secondary N) is 2. The summed E-state index contributed by atoms with van der Waals surface area (Å²) in [5.41, 5.74) is 2.17. The minimum atomic E-state index is 0.0115. The van der Waals surface area contributed by atoms with Gasteiger partial charge in [0.1, 0.15) is 0 Å². The zero-order valence-corrected chi connectivity index (χ0v) is 18.6. The van der Waals surface area contributed by atoms with Crippen LogP contribution in [0, 0.1) is 0 Å². The number of aliphatic imine (C=N–C) groups is 1. The van der Waals surface area contributed by atoms with Crippen LogP contribution in [0.1, 0.15) is 49.7 Å². The predicted molar refractivity (Wildman–Crippen MR) is 125 cm³/mol. The van der Waals surface area contributed by atoms with E-state index in [4.69, 9.17) is 14.5 Å². The van der Waals surface area contributed by atoms with Crippen LogP contribution in [0.25, 0.3) is 0 Å². The lowest BCUT2D eigenvalue weighted by Crippen LogP contribution is -2.39. The maximum atomic E-state index is 9.80. The highest BCUT2D eigenvalue weighted by atomic mass is 16.5. The van der Waals surface area contributed by atoms with Crippen molar-refractivity contribution in [2.75, 3.05) is 26.8 Å². The molecule has 1 aliphatic carbocycles. The van der Waals surface area contributed by atoms with Gasteiger partial charge in [-0.05, 0) is 55.9 Å². The van der Waals surface area contributed by atoms with Gasteiger partial charge in [0, 0.05) is 19.0 Å². The second-order valence-corrected chi connectivity index (χ2v) is 7.88. The molecule has 1 saturated carbocycles. The molecule has 3 rings (SSSR count). The highest BCUT2D eigenvalue weighted by Gasteiger charge is 2.18. The van der Waals surface area contributed by atoms with E-state index in [1.165, 1.54) is 12.8 Å². The van der Waals surface area contributed by atoms with Crippen LogP contribution in [0.5, 0.6) is 11.5 Å². The van der Waals surface area contributed by atoms with E-state index in [2.05, 4.69) is 10.6 Å². The number of methoxy groups -OCH3 is 1. The molecule has 0 radical (unpaired) electrons. The molecule has 2 aromatic carbocycles. The van der Waals surface area contributed by atoms with Crippen LogP contribution in [-0.2, 0) is 6.54 Å². The van der Waals surface area contributed by atoms with Gasteiger partial charge in [-0.3, -0.25) is 0 Å². The number of aliphatic hydroxyl groups is 1. The predicted octanol–water partition coefficient (Wildman–Crippen LogP) is 3.85. The monoisotopic (exact) mass is 425 g/mol. The second-order valence-electron chi connectivity index (χ2n) is 7.88. The molecule has 0 saturated heterocycles. The molecule has 0 amide bonds. The number of aliphatic hydroxyl groups excluding tert-OH is 1. The van der Waals surface area contributed by atoms with Crippen LogP contribution < -0.4 is 20.1 Å². The van der Waals surface area contributed by atoms with Crippen molar-refractivity contribution in [3.8, 4) is 11.5 Å². The average molecular weight is 426 g/mol. The van der Waals surface area contributed by atoms with Gasteiger partial charge in [-0.15, -0.1) is 0 Å². The van der Waals surface area contributed by atoms with Gasteiger partial charge >= 0.3 is 0 Å². The quantitative estimate of drug-likeness (QED) is 0.398. The Kier molecular flexibility index (Phi) is 9.03. The van der Waals surface area contributed by atoms with Crippen molar-refractivity contribution in [2.24, 2.45) is 4.99 Å². The third-order valence-corrected chi connectivity index (χ3v) is 5.60. The molecule has 3 N–H and O–H groups in total. The first-order chi connectivity index (χ1) is 15.2. The van der Waals surface area contributed by atoms with E-state index in [0.29, 0.717) is 13.1 Å². The summed E-state index contributed by atoms with van der Waals surface area (Å²) in [5, 5.41) is 16.4. The third kappa shape index (κ3) is 6.89. The molecule has 0 heterocycles. The smallest absolute Gasteiger partial charge is 0.191 e. The van der Waals surface area contributed by atoms with Gasteiger partial charge in [0.05, 0.1) is 26.4 Å². The highest BCUT2D eigenvalue weighted by Crippen LogP contribution is 2.32. The highest BCUT2D eigenvalue weighted by molar-refractivity contribution is 5.79. The van der Waals surface area contributed by atoms with Crippen molar-refractivity contribution in [3.05, 3.63) is 59.7 Å².